The van der Waals surface area contributed by atoms with Crippen molar-refractivity contribution in [3.05, 3.63) is 74.3 Å². The number of nitro groups is 2. The Morgan fingerprint density at radius 3 is 1.80 bits per heavy atom. The van der Waals surface area contributed by atoms with E-state index in [1.54, 1.807) is 59.7 Å². The van der Waals surface area contributed by atoms with E-state index in [0.717, 1.165) is 0 Å². The maximum absolute atomic E-state index is 11.8. The Kier molecular flexibility index (Phi) is 9.87. The molecule has 0 aromatic heterocycles. The van der Waals surface area contributed by atoms with Crippen molar-refractivity contribution in [2.45, 2.75) is 59.2 Å². The van der Waals surface area contributed by atoms with E-state index in [9.17, 15) is 29.8 Å². The van der Waals surface area contributed by atoms with Crippen LogP contribution < -0.4 is 4.90 Å². The van der Waals surface area contributed by atoms with Crippen LogP contribution in [0.2, 0.25) is 0 Å². The Balaban J connectivity index is 0.000000351. The van der Waals surface area contributed by atoms with Gasteiger partial charge in [-0.2, -0.15) is 0 Å². The lowest BCUT2D eigenvalue weighted by Gasteiger charge is -2.24. The van der Waals surface area contributed by atoms with Crippen LogP contribution >= 0.6 is 0 Å². The van der Waals surface area contributed by atoms with E-state index in [1.807, 2.05) is 0 Å². The van der Waals surface area contributed by atoms with Gasteiger partial charge in [-0.1, -0.05) is 18.2 Å². The van der Waals surface area contributed by atoms with Gasteiger partial charge in [-0.3, -0.25) is 29.9 Å². The summed E-state index contributed by atoms with van der Waals surface area (Å²) in [6, 6.07) is 11.8. The van der Waals surface area contributed by atoms with Gasteiger partial charge in [0.2, 0.25) is 0 Å². The summed E-state index contributed by atoms with van der Waals surface area (Å²) in [5.74, 6) is -0.391. The number of nitrogens with zero attached hydrogens (tertiary/aromatic N) is 3. The first-order chi connectivity index (χ1) is 16.0. The van der Waals surface area contributed by atoms with Gasteiger partial charge in [0.1, 0.15) is 11.2 Å². The van der Waals surface area contributed by atoms with Crippen molar-refractivity contribution in [3.63, 3.8) is 0 Å². The van der Waals surface area contributed by atoms with Crippen molar-refractivity contribution >= 4 is 29.1 Å². The van der Waals surface area contributed by atoms with Crippen LogP contribution in [0.4, 0.5) is 21.9 Å². The van der Waals surface area contributed by atoms with Gasteiger partial charge in [0.25, 0.3) is 11.4 Å². The third-order valence-corrected chi connectivity index (χ3v) is 3.99. The molecule has 0 unspecified atom stereocenters. The zero-order valence-corrected chi connectivity index (χ0v) is 20.9. The van der Waals surface area contributed by atoms with Crippen LogP contribution in [0.3, 0.4) is 0 Å². The van der Waals surface area contributed by atoms with Gasteiger partial charge < -0.3 is 9.47 Å². The summed E-state index contributed by atoms with van der Waals surface area (Å²) in [5.41, 5.74) is -0.245. The highest BCUT2D eigenvalue weighted by Gasteiger charge is 2.21. The summed E-state index contributed by atoms with van der Waals surface area (Å²) in [4.78, 5) is 44.7. The van der Waals surface area contributed by atoms with E-state index in [2.05, 4.69) is 0 Å². The number of esters is 1. The second-order valence-corrected chi connectivity index (χ2v) is 9.51. The summed E-state index contributed by atoms with van der Waals surface area (Å²) in [5, 5.41) is 21.2. The quantitative estimate of drug-likeness (QED) is 0.307. The van der Waals surface area contributed by atoms with Crippen LogP contribution in [0.25, 0.3) is 0 Å². The Labute approximate surface area is 203 Å². The topological polar surface area (TPSA) is 142 Å². The SMILES string of the molecule is CC(C)(C)OC(=O)Cc1cccc([N+](=O)[O-])c1.CN(C(=O)OC(C)(C)C)c1cccc([N+](=O)[O-])c1. The minimum absolute atomic E-state index is 0.0222. The van der Waals surface area contributed by atoms with E-state index in [1.165, 1.54) is 42.3 Å². The highest BCUT2D eigenvalue weighted by atomic mass is 16.6. The number of hydrogen-bond donors (Lipinski definition) is 0. The summed E-state index contributed by atoms with van der Waals surface area (Å²) in [7, 11) is 1.51. The van der Waals surface area contributed by atoms with Gasteiger partial charge in [-0.25, -0.2) is 4.79 Å². The number of ether oxygens (including phenoxy) is 2. The van der Waals surface area contributed by atoms with E-state index in [4.69, 9.17) is 9.47 Å². The first-order valence-electron chi connectivity index (χ1n) is 10.6. The predicted octanol–water partition coefficient (Wildman–Crippen LogP) is 5.45. The highest BCUT2D eigenvalue weighted by Crippen LogP contribution is 2.22. The minimum atomic E-state index is -0.605. The molecule has 0 saturated carbocycles. The molecule has 11 nitrogen and oxygen atoms in total. The summed E-state index contributed by atoms with van der Waals surface area (Å²) >= 11 is 0. The van der Waals surface area contributed by atoms with E-state index in [-0.39, 0.29) is 17.8 Å². The number of anilines is 1. The number of hydrogen-bond acceptors (Lipinski definition) is 8. The Morgan fingerprint density at radius 2 is 1.31 bits per heavy atom. The number of nitro benzene ring substituents is 2. The van der Waals surface area contributed by atoms with Crippen LogP contribution in [-0.2, 0) is 20.7 Å². The lowest BCUT2D eigenvalue weighted by atomic mass is 10.1. The number of carbonyl (C=O) groups is 2. The second kappa shape index (κ2) is 11.9. The van der Waals surface area contributed by atoms with Gasteiger partial charge in [0, 0.05) is 31.3 Å². The molecule has 190 valence electrons. The molecule has 0 atom stereocenters. The van der Waals surface area contributed by atoms with Crippen molar-refractivity contribution in [1.82, 2.24) is 0 Å². The number of amides is 1. The molecule has 2 rings (SSSR count). The molecule has 0 spiro atoms. The first-order valence-corrected chi connectivity index (χ1v) is 10.6. The van der Waals surface area contributed by atoms with E-state index < -0.39 is 33.1 Å². The van der Waals surface area contributed by atoms with Crippen molar-refractivity contribution in [2.75, 3.05) is 11.9 Å². The van der Waals surface area contributed by atoms with Gasteiger partial charge in [-0.15, -0.1) is 0 Å². The van der Waals surface area contributed by atoms with Gasteiger partial charge in [0.05, 0.1) is 22.0 Å². The van der Waals surface area contributed by atoms with Crippen molar-refractivity contribution in [2.24, 2.45) is 0 Å². The highest BCUT2D eigenvalue weighted by molar-refractivity contribution is 5.87. The molecule has 2 aromatic carbocycles. The fourth-order valence-electron chi connectivity index (χ4n) is 2.58. The molecule has 0 bridgehead atoms. The van der Waals surface area contributed by atoms with Crippen molar-refractivity contribution in [3.8, 4) is 0 Å². The molecule has 0 N–H and O–H groups in total. The first kappa shape index (κ1) is 29.0. The molecule has 35 heavy (non-hydrogen) atoms. The van der Waals surface area contributed by atoms with Gasteiger partial charge in [0.15, 0.2) is 0 Å². The van der Waals surface area contributed by atoms with Crippen LogP contribution in [0.5, 0.6) is 0 Å². The lowest BCUT2D eigenvalue weighted by molar-refractivity contribution is -0.385. The molecule has 0 heterocycles. The maximum atomic E-state index is 11.8. The predicted molar refractivity (Wildman–Crippen MR) is 130 cm³/mol. The van der Waals surface area contributed by atoms with Crippen molar-refractivity contribution < 1.29 is 28.9 Å². The lowest BCUT2D eigenvalue weighted by Crippen LogP contribution is -2.34. The van der Waals surface area contributed by atoms with Crippen LogP contribution in [0, 0.1) is 20.2 Å². The number of benzene rings is 2. The molecule has 0 saturated heterocycles. The number of carbonyl (C=O) groups excluding carboxylic acids is 2. The third kappa shape index (κ3) is 11.1. The fraction of sp³-hybridized carbons (Fsp3) is 0.417. The maximum Gasteiger partial charge on any atom is 0.414 e. The standard InChI is InChI=1S/C12H16N2O4.C12H15NO4/c1-12(2,3)18-11(15)13(4)9-6-5-7-10(8-9)14(16)17;1-12(2,3)17-11(14)8-9-5-4-6-10(7-9)13(15)16/h5-8H,1-4H3;4-7H,8H2,1-3H3. The van der Waals surface area contributed by atoms with Crippen LogP contribution in [0.15, 0.2) is 48.5 Å². The second-order valence-electron chi connectivity index (χ2n) is 9.51. The summed E-state index contributed by atoms with van der Waals surface area (Å²) in [6.07, 6.45) is -0.512. The Morgan fingerprint density at radius 1 is 0.829 bits per heavy atom. The summed E-state index contributed by atoms with van der Waals surface area (Å²) in [6.45, 7) is 10.6. The Bertz CT molecular complexity index is 1070. The molecular weight excluding hydrogens is 458 g/mol. The normalized spacial score (nSPS) is 10.9. The molecule has 0 aliphatic heterocycles. The zero-order chi connectivity index (χ0) is 27.0. The number of rotatable bonds is 5. The average Bonchev–Trinajstić information content (AvgIpc) is 2.71. The monoisotopic (exact) mass is 489 g/mol. The van der Waals surface area contributed by atoms with Gasteiger partial charge >= 0.3 is 12.1 Å². The molecule has 0 aliphatic carbocycles. The smallest absolute Gasteiger partial charge is 0.414 e. The molecule has 0 radical (unpaired) electrons. The minimum Gasteiger partial charge on any atom is -0.460 e. The largest absolute Gasteiger partial charge is 0.460 e. The molecule has 11 heteroatoms. The van der Waals surface area contributed by atoms with Crippen LogP contribution in [0.1, 0.15) is 47.1 Å². The molecular formula is C24H31N3O8. The van der Waals surface area contributed by atoms with Gasteiger partial charge in [-0.05, 0) is 53.2 Å². The zero-order valence-electron chi connectivity index (χ0n) is 20.9. The molecule has 1 amide bonds. The molecule has 0 fully saturated rings. The molecule has 2 aromatic rings. The van der Waals surface area contributed by atoms with E-state index >= 15 is 0 Å². The van der Waals surface area contributed by atoms with Crippen molar-refractivity contribution in [1.29, 1.82) is 0 Å². The Hall–Kier alpha value is -4.02. The van der Waals surface area contributed by atoms with Crippen LogP contribution in [-0.4, -0.2) is 40.2 Å². The average molecular weight is 490 g/mol. The summed E-state index contributed by atoms with van der Waals surface area (Å²) < 4.78 is 10.3. The fourth-order valence-corrected chi connectivity index (χ4v) is 2.58. The molecule has 0 aliphatic rings. The number of non-ortho nitro benzene ring substituents is 2. The third-order valence-electron chi connectivity index (χ3n) is 3.99. The van der Waals surface area contributed by atoms with E-state index in [0.29, 0.717) is 11.3 Å².